The van der Waals surface area contributed by atoms with Crippen molar-refractivity contribution in [1.82, 2.24) is 0 Å². The molecule has 0 nitrogen and oxygen atoms in total. The Bertz CT molecular complexity index is 265. The van der Waals surface area contributed by atoms with Crippen LogP contribution in [0.1, 0.15) is 83.8 Å². The van der Waals surface area contributed by atoms with Crippen LogP contribution >= 0.6 is 0 Å². The lowest BCUT2D eigenvalue weighted by Crippen LogP contribution is -1.98. The van der Waals surface area contributed by atoms with E-state index in [1.165, 1.54) is 43.2 Å². The molecule has 1 rings (SSSR count). The molecule has 0 unspecified atom stereocenters. The Kier molecular flexibility index (Phi) is 10.8. The molecule has 0 aliphatic heterocycles. The summed E-state index contributed by atoms with van der Waals surface area (Å²) in [6.45, 7) is 11.0. The molecular weight excluding hydrogens is 216 g/mol. The van der Waals surface area contributed by atoms with E-state index >= 15 is 0 Å². The van der Waals surface area contributed by atoms with Gasteiger partial charge in [-0.05, 0) is 36.3 Å². The van der Waals surface area contributed by atoms with Crippen LogP contribution in [-0.2, 0) is 6.42 Å². The van der Waals surface area contributed by atoms with Gasteiger partial charge >= 0.3 is 0 Å². The van der Waals surface area contributed by atoms with Crippen LogP contribution in [0, 0.1) is 0 Å². The van der Waals surface area contributed by atoms with Crippen molar-refractivity contribution >= 4 is 0 Å². The van der Waals surface area contributed by atoms with E-state index in [1.54, 1.807) is 0 Å². The average molecular weight is 248 g/mol. The zero-order valence-electron chi connectivity index (χ0n) is 13.1. The SMILES string of the molecule is CCC.CCCC(CCC)c1ccc(CC)cc1. The van der Waals surface area contributed by atoms with Crippen molar-refractivity contribution in [1.29, 1.82) is 0 Å². The maximum atomic E-state index is 2.33. The second-order valence-corrected chi connectivity index (χ2v) is 5.08. The van der Waals surface area contributed by atoms with Gasteiger partial charge in [0, 0.05) is 0 Å². The summed E-state index contributed by atoms with van der Waals surface area (Å²) in [5.74, 6) is 0.783. The minimum Gasteiger partial charge on any atom is -0.0656 e. The first kappa shape index (κ1) is 17.2. The fraction of sp³-hybridized carbons (Fsp3) is 0.667. The molecule has 0 heterocycles. The van der Waals surface area contributed by atoms with E-state index < -0.39 is 0 Å². The highest BCUT2D eigenvalue weighted by Gasteiger charge is 2.08. The van der Waals surface area contributed by atoms with Gasteiger partial charge in [-0.3, -0.25) is 0 Å². The topological polar surface area (TPSA) is 0 Å². The lowest BCUT2D eigenvalue weighted by Gasteiger charge is -2.15. The maximum absolute atomic E-state index is 2.33. The zero-order chi connectivity index (χ0) is 13.8. The van der Waals surface area contributed by atoms with Gasteiger partial charge in [0.1, 0.15) is 0 Å². The normalized spacial score (nSPS) is 10.1. The molecule has 0 aliphatic carbocycles. The van der Waals surface area contributed by atoms with Crippen LogP contribution in [-0.4, -0.2) is 0 Å². The van der Waals surface area contributed by atoms with Gasteiger partial charge in [0.05, 0.1) is 0 Å². The summed E-state index contributed by atoms with van der Waals surface area (Å²) < 4.78 is 0. The van der Waals surface area contributed by atoms with Gasteiger partial charge in [-0.1, -0.05) is 78.1 Å². The van der Waals surface area contributed by atoms with Crippen molar-refractivity contribution < 1.29 is 0 Å². The largest absolute Gasteiger partial charge is 0.0656 e. The molecule has 0 amide bonds. The van der Waals surface area contributed by atoms with Crippen LogP contribution in [0.5, 0.6) is 0 Å². The predicted molar refractivity (Wildman–Crippen MR) is 84.3 cm³/mol. The average Bonchev–Trinajstić information content (AvgIpc) is 2.40. The molecule has 0 heteroatoms. The molecule has 0 N–H and O–H groups in total. The summed E-state index contributed by atoms with van der Waals surface area (Å²) in [6.07, 6.45) is 7.64. The number of hydrogen-bond donors (Lipinski definition) is 0. The Morgan fingerprint density at radius 2 is 1.22 bits per heavy atom. The van der Waals surface area contributed by atoms with Crippen molar-refractivity contribution in [3.63, 3.8) is 0 Å². The summed E-state index contributed by atoms with van der Waals surface area (Å²) in [4.78, 5) is 0. The van der Waals surface area contributed by atoms with E-state index in [-0.39, 0.29) is 0 Å². The zero-order valence-corrected chi connectivity index (χ0v) is 13.1. The molecule has 18 heavy (non-hydrogen) atoms. The highest BCUT2D eigenvalue weighted by atomic mass is 14.1. The second kappa shape index (κ2) is 11.3. The lowest BCUT2D eigenvalue weighted by molar-refractivity contribution is 0.561. The molecule has 0 saturated carbocycles. The van der Waals surface area contributed by atoms with Crippen LogP contribution in [0.4, 0.5) is 0 Å². The lowest BCUT2D eigenvalue weighted by atomic mass is 9.90. The van der Waals surface area contributed by atoms with Crippen LogP contribution in [0.25, 0.3) is 0 Å². The molecule has 0 saturated heterocycles. The minimum absolute atomic E-state index is 0.783. The molecule has 0 spiro atoms. The fourth-order valence-electron chi connectivity index (χ4n) is 2.20. The van der Waals surface area contributed by atoms with Crippen LogP contribution in [0.3, 0.4) is 0 Å². The van der Waals surface area contributed by atoms with E-state index in [4.69, 9.17) is 0 Å². The van der Waals surface area contributed by atoms with Gasteiger partial charge in [-0.25, -0.2) is 0 Å². The molecule has 0 aliphatic rings. The highest BCUT2D eigenvalue weighted by Crippen LogP contribution is 2.26. The Hall–Kier alpha value is -0.780. The second-order valence-electron chi connectivity index (χ2n) is 5.08. The van der Waals surface area contributed by atoms with Gasteiger partial charge in [0.2, 0.25) is 0 Å². The number of rotatable bonds is 6. The monoisotopic (exact) mass is 248 g/mol. The maximum Gasteiger partial charge on any atom is -0.0162 e. The van der Waals surface area contributed by atoms with E-state index in [9.17, 15) is 0 Å². The molecule has 0 fully saturated rings. The van der Waals surface area contributed by atoms with Crippen LogP contribution in [0.2, 0.25) is 0 Å². The Morgan fingerprint density at radius 1 is 0.778 bits per heavy atom. The van der Waals surface area contributed by atoms with Crippen molar-refractivity contribution in [2.24, 2.45) is 0 Å². The van der Waals surface area contributed by atoms with E-state index in [0.717, 1.165) is 12.3 Å². The van der Waals surface area contributed by atoms with Crippen molar-refractivity contribution in [3.05, 3.63) is 35.4 Å². The first-order valence-electron chi connectivity index (χ1n) is 7.82. The summed E-state index contributed by atoms with van der Waals surface area (Å²) in [5.41, 5.74) is 2.99. The smallest absolute Gasteiger partial charge is 0.0162 e. The fourth-order valence-corrected chi connectivity index (χ4v) is 2.20. The third kappa shape index (κ3) is 6.83. The summed E-state index contributed by atoms with van der Waals surface area (Å²) >= 11 is 0. The molecule has 104 valence electrons. The summed E-state index contributed by atoms with van der Waals surface area (Å²) in [6, 6.07) is 9.23. The highest BCUT2D eigenvalue weighted by molar-refractivity contribution is 5.25. The molecule has 0 radical (unpaired) electrons. The Balaban J connectivity index is 0.000000873. The van der Waals surface area contributed by atoms with Gasteiger partial charge in [0.15, 0.2) is 0 Å². The molecule has 0 atom stereocenters. The number of hydrogen-bond acceptors (Lipinski definition) is 0. The minimum atomic E-state index is 0.783. The molecule has 1 aromatic carbocycles. The molecule has 0 aromatic heterocycles. The summed E-state index contributed by atoms with van der Waals surface area (Å²) in [7, 11) is 0. The van der Waals surface area contributed by atoms with Crippen molar-refractivity contribution in [2.45, 2.75) is 79.1 Å². The number of benzene rings is 1. The Labute approximate surface area is 115 Å². The quantitative estimate of drug-likeness (QED) is 0.550. The van der Waals surface area contributed by atoms with Gasteiger partial charge in [-0.2, -0.15) is 0 Å². The first-order chi connectivity index (χ1) is 8.73. The molecular formula is C18H32. The van der Waals surface area contributed by atoms with E-state index in [0.29, 0.717) is 0 Å². The predicted octanol–water partition coefficient (Wildman–Crippen LogP) is 6.35. The third-order valence-corrected chi connectivity index (χ3v) is 3.13. The van der Waals surface area contributed by atoms with E-state index in [1.807, 2.05) is 0 Å². The third-order valence-electron chi connectivity index (χ3n) is 3.13. The number of aryl methyl sites for hydroxylation is 1. The van der Waals surface area contributed by atoms with Crippen LogP contribution in [0.15, 0.2) is 24.3 Å². The molecule has 0 bridgehead atoms. The van der Waals surface area contributed by atoms with Crippen LogP contribution < -0.4 is 0 Å². The first-order valence-corrected chi connectivity index (χ1v) is 7.82. The van der Waals surface area contributed by atoms with Crippen molar-refractivity contribution in [3.8, 4) is 0 Å². The summed E-state index contributed by atoms with van der Waals surface area (Å²) in [5, 5.41) is 0. The van der Waals surface area contributed by atoms with Gasteiger partial charge in [-0.15, -0.1) is 0 Å². The standard InChI is InChI=1S/C15H24.C3H8/c1-4-7-14(8-5-2)15-11-9-13(6-3)10-12-15;1-3-2/h9-12,14H,4-8H2,1-3H3;3H2,1-2H3. The molecule has 1 aromatic rings. The van der Waals surface area contributed by atoms with Crippen molar-refractivity contribution in [2.75, 3.05) is 0 Å². The van der Waals surface area contributed by atoms with Gasteiger partial charge < -0.3 is 0 Å². The Morgan fingerprint density at radius 3 is 1.56 bits per heavy atom. The van der Waals surface area contributed by atoms with E-state index in [2.05, 4.69) is 58.9 Å². The van der Waals surface area contributed by atoms with Gasteiger partial charge in [0.25, 0.3) is 0 Å².